The zero-order valence-electron chi connectivity index (χ0n) is 12.5. The predicted octanol–water partition coefficient (Wildman–Crippen LogP) is 4.00. The number of benzene rings is 1. The summed E-state index contributed by atoms with van der Waals surface area (Å²) < 4.78 is 11.4. The number of carbonyl (C=O) groups is 1. The highest BCUT2D eigenvalue weighted by Crippen LogP contribution is 2.29. The average molecular weight is 356 g/mol. The van der Waals surface area contributed by atoms with Crippen LogP contribution in [-0.4, -0.2) is 31.8 Å². The average Bonchev–Trinajstić information content (AvgIpc) is 2.50. The Morgan fingerprint density at radius 3 is 2.81 bits per heavy atom. The molecule has 2 rings (SSSR count). The topological polar surface area (TPSA) is 47.6 Å². The highest BCUT2D eigenvalue weighted by atomic mass is 79.9. The summed E-state index contributed by atoms with van der Waals surface area (Å²) in [6, 6.07) is 5.81. The molecule has 0 radical (unpaired) electrons. The molecule has 4 nitrogen and oxygen atoms in total. The first-order valence-electron chi connectivity index (χ1n) is 7.41. The molecule has 0 bridgehead atoms. The summed E-state index contributed by atoms with van der Waals surface area (Å²) in [5.41, 5.74) is 1.54. The maximum absolute atomic E-state index is 11.7. The second-order valence-electron chi connectivity index (χ2n) is 5.22. The van der Waals surface area contributed by atoms with E-state index in [1.807, 2.05) is 6.07 Å². The monoisotopic (exact) mass is 355 g/mol. The van der Waals surface area contributed by atoms with Crippen molar-refractivity contribution in [2.45, 2.75) is 44.8 Å². The van der Waals surface area contributed by atoms with Crippen LogP contribution in [0.2, 0.25) is 0 Å². The Morgan fingerprint density at radius 2 is 2.14 bits per heavy atom. The van der Waals surface area contributed by atoms with Gasteiger partial charge in [-0.2, -0.15) is 0 Å². The van der Waals surface area contributed by atoms with Crippen LogP contribution < -0.4 is 5.32 Å². The van der Waals surface area contributed by atoms with Crippen molar-refractivity contribution in [3.8, 4) is 0 Å². The van der Waals surface area contributed by atoms with Gasteiger partial charge in [0, 0.05) is 17.3 Å². The molecule has 1 fully saturated rings. The molecule has 0 amide bonds. The van der Waals surface area contributed by atoms with Gasteiger partial charge in [0.1, 0.15) is 0 Å². The van der Waals surface area contributed by atoms with Crippen LogP contribution in [0.4, 0.5) is 5.69 Å². The van der Waals surface area contributed by atoms with Crippen LogP contribution in [0.1, 0.15) is 43.0 Å². The van der Waals surface area contributed by atoms with Crippen molar-refractivity contribution in [1.29, 1.82) is 0 Å². The van der Waals surface area contributed by atoms with E-state index in [1.54, 1.807) is 26.2 Å². The second-order valence-corrected chi connectivity index (χ2v) is 6.08. The summed E-state index contributed by atoms with van der Waals surface area (Å²) in [6.45, 7) is 2.19. The summed E-state index contributed by atoms with van der Waals surface area (Å²) in [5, 5.41) is 3.52. The third kappa shape index (κ3) is 4.20. The minimum atomic E-state index is -0.294. The van der Waals surface area contributed by atoms with Gasteiger partial charge in [-0.15, -0.1) is 0 Å². The molecule has 0 saturated heterocycles. The van der Waals surface area contributed by atoms with Crippen LogP contribution in [0.3, 0.4) is 0 Å². The number of ether oxygens (including phenoxy) is 2. The molecule has 1 aliphatic rings. The van der Waals surface area contributed by atoms with E-state index in [2.05, 4.69) is 21.2 Å². The van der Waals surface area contributed by atoms with E-state index in [0.29, 0.717) is 18.2 Å². The first kappa shape index (κ1) is 16.3. The molecule has 0 aliphatic heterocycles. The molecule has 116 valence electrons. The summed E-state index contributed by atoms with van der Waals surface area (Å²) >= 11 is 3.52. The summed E-state index contributed by atoms with van der Waals surface area (Å²) in [7, 11) is 1.77. The van der Waals surface area contributed by atoms with Crippen molar-refractivity contribution in [3.63, 3.8) is 0 Å². The van der Waals surface area contributed by atoms with E-state index in [4.69, 9.17) is 9.47 Å². The van der Waals surface area contributed by atoms with Crippen molar-refractivity contribution in [2.75, 3.05) is 19.0 Å². The minimum absolute atomic E-state index is 0.246. The Hall–Kier alpha value is -1.07. The van der Waals surface area contributed by atoms with Crippen LogP contribution in [-0.2, 0) is 9.47 Å². The molecule has 0 aromatic heterocycles. The summed E-state index contributed by atoms with van der Waals surface area (Å²) in [6.07, 6.45) is 4.88. The summed E-state index contributed by atoms with van der Waals surface area (Å²) in [5.74, 6) is -0.294. The van der Waals surface area contributed by atoms with Gasteiger partial charge in [0.2, 0.25) is 0 Å². The molecule has 5 heteroatoms. The third-order valence-corrected chi connectivity index (χ3v) is 4.48. The van der Waals surface area contributed by atoms with Crippen molar-refractivity contribution in [3.05, 3.63) is 28.2 Å². The van der Waals surface area contributed by atoms with Crippen LogP contribution in [0.5, 0.6) is 0 Å². The first-order valence-corrected chi connectivity index (χ1v) is 8.21. The highest BCUT2D eigenvalue weighted by molar-refractivity contribution is 9.10. The minimum Gasteiger partial charge on any atom is -0.462 e. The molecular weight excluding hydrogens is 334 g/mol. The standard InChI is InChI=1S/C16H22BrNO3/c1-3-21-16(19)11-8-9-13(12(17)10-11)18-14-6-4-5-7-15(14)20-2/h8-10,14-15,18H,3-7H2,1-2H3. The van der Waals surface area contributed by atoms with Gasteiger partial charge in [0.05, 0.1) is 24.3 Å². The van der Waals surface area contributed by atoms with Gasteiger partial charge < -0.3 is 14.8 Å². The van der Waals surface area contributed by atoms with Crippen LogP contribution in [0, 0.1) is 0 Å². The Balaban J connectivity index is 2.08. The lowest BCUT2D eigenvalue weighted by atomic mass is 9.92. The lowest BCUT2D eigenvalue weighted by Crippen LogP contribution is -2.37. The third-order valence-electron chi connectivity index (χ3n) is 3.83. The zero-order valence-corrected chi connectivity index (χ0v) is 14.1. The Bertz CT molecular complexity index is 492. The van der Waals surface area contributed by atoms with Crippen LogP contribution in [0.15, 0.2) is 22.7 Å². The van der Waals surface area contributed by atoms with Gasteiger partial charge in [0.15, 0.2) is 0 Å². The molecule has 0 spiro atoms. The number of halogens is 1. The number of esters is 1. The molecule has 21 heavy (non-hydrogen) atoms. The SMILES string of the molecule is CCOC(=O)c1ccc(NC2CCCCC2OC)c(Br)c1. The van der Waals surface area contributed by atoms with Crippen LogP contribution in [0.25, 0.3) is 0 Å². The van der Waals surface area contributed by atoms with Crippen molar-refractivity contribution < 1.29 is 14.3 Å². The number of methoxy groups -OCH3 is 1. The van der Waals surface area contributed by atoms with Gasteiger partial charge >= 0.3 is 5.97 Å². The molecule has 2 unspecified atom stereocenters. The molecule has 1 aromatic rings. The number of anilines is 1. The van der Waals surface area contributed by atoms with E-state index < -0.39 is 0 Å². The molecule has 1 N–H and O–H groups in total. The highest BCUT2D eigenvalue weighted by Gasteiger charge is 2.25. The van der Waals surface area contributed by atoms with Gasteiger partial charge in [-0.05, 0) is 53.9 Å². The smallest absolute Gasteiger partial charge is 0.338 e. The molecule has 1 aromatic carbocycles. The number of hydrogen-bond acceptors (Lipinski definition) is 4. The lowest BCUT2D eigenvalue weighted by molar-refractivity contribution is 0.0526. The van der Waals surface area contributed by atoms with Crippen LogP contribution >= 0.6 is 15.9 Å². The van der Waals surface area contributed by atoms with Gasteiger partial charge in [-0.3, -0.25) is 0 Å². The number of carbonyl (C=O) groups excluding carboxylic acids is 1. The quantitative estimate of drug-likeness (QED) is 0.811. The molecule has 2 atom stereocenters. The largest absolute Gasteiger partial charge is 0.462 e. The fourth-order valence-corrected chi connectivity index (χ4v) is 3.21. The van der Waals surface area contributed by atoms with Crippen molar-refractivity contribution >= 4 is 27.6 Å². The Labute approximate surface area is 134 Å². The van der Waals surface area contributed by atoms with Gasteiger partial charge in [-0.1, -0.05) is 12.8 Å². The normalized spacial score (nSPS) is 21.9. The number of nitrogens with one attached hydrogen (secondary N) is 1. The van der Waals surface area contributed by atoms with E-state index in [0.717, 1.165) is 23.0 Å². The number of hydrogen-bond donors (Lipinski definition) is 1. The predicted molar refractivity (Wildman–Crippen MR) is 86.8 cm³/mol. The fraction of sp³-hybridized carbons (Fsp3) is 0.562. The molecule has 1 saturated carbocycles. The maximum atomic E-state index is 11.7. The van der Waals surface area contributed by atoms with Crippen molar-refractivity contribution in [1.82, 2.24) is 0 Å². The van der Waals surface area contributed by atoms with E-state index >= 15 is 0 Å². The Kier molecular flexibility index (Phi) is 6.06. The lowest BCUT2D eigenvalue weighted by Gasteiger charge is -2.32. The van der Waals surface area contributed by atoms with Gasteiger partial charge in [0.25, 0.3) is 0 Å². The van der Waals surface area contributed by atoms with E-state index in [-0.39, 0.29) is 12.1 Å². The first-order chi connectivity index (χ1) is 10.2. The van der Waals surface area contributed by atoms with E-state index in [9.17, 15) is 4.79 Å². The summed E-state index contributed by atoms with van der Waals surface area (Å²) in [4.78, 5) is 11.7. The van der Waals surface area contributed by atoms with E-state index in [1.165, 1.54) is 12.8 Å². The van der Waals surface area contributed by atoms with Crippen molar-refractivity contribution in [2.24, 2.45) is 0 Å². The Morgan fingerprint density at radius 1 is 1.38 bits per heavy atom. The molecule has 1 aliphatic carbocycles. The molecular formula is C16H22BrNO3. The van der Waals surface area contributed by atoms with Gasteiger partial charge in [-0.25, -0.2) is 4.79 Å². The second kappa shape index (κ2) is 7.80. The number of rotatable bonds is 5. The molecule has 0 heterocycles. The fourth-order valence-electron chi connectivity index (χ4n) is 2.72. The zero-order chi connectivity index (χ0) is 15.2. The maximum Gasteiger partial charge on any atom is 0.338 e.